The predicted octanol–water partition coefficient (Wildman–Crippen LogP) is 2.28. The molecular formula is C7H10. The van der Waals surface area contributed by atoms with Gasteiger partial charge in [-0.15, -0.1) is 0 Å². The van der Waals surface area contributed by atoms with Crippen molar-refractivity contribution >= 4 is 0 Å². The Hall–Kier alpha value is -0.520. The first-order chi connectivity index (χ1) is 3.39. The monoisotopic (exact) mass is 94.1 g/mol. The Morgan fingerprint density at radius 2 is 2.29 bits per heavy atom. The first-order valence-corrected chi connectivity index (χ1v) is 2.73. The second-order valence-corrected chi connectivity index (χ2v) is 1.93. The van der Waals surface area contributed by atoms with Gasteiger partial charge in [-0.2, -0.15) is 0 Å². The van der Waals surface area contributed by atoms with Gasteiger partial charge in [0.2, 0.25) is 0 Å². The van der Waals surface area contributed by atoms with Gasteiger partial charge in [-0.3, -0.25) is 0 Å². The fourth-order valence-corrected chi connectivity index (χ4v) is 0.744. The van der Waals surface area contributed by atoms with Crippen molar-refractivity contribution in [3.63, 3.8) is 0 Å². The predicted molar refractivity (Wildman–Crippen MR) is 32.1 cm³/mol. The van der Waals surface area contributed by atoms with Crippen molar-refractivity contribution in [1.82, 2.24) is 0 Å². The molecule has 0 aromatic carbocycles. The fourth-order valence-electron chi connectivity index (χ4n) is 0.744. The number of rotatable bonds is 0. The van der Waals surface area contributed by atoms with Crippen LogP contribution in [0.1, 0.15) is 19.8 Å². The molecule has 0 fully saturated rings. The lowest BCUT2D eigenvalue weighted by Gasteiger charge is -1.96. The maximum Gasteiger partial charge on any atom is -0.0310 e. The summed E-state index contributed by atoms with van der Waals surface area (Å²) in [6.45, 7) is 2.13. The van der Waals surface area contributed by atoms with Gasteiger partial charge >= 0.3 is 0 Å². The Labute approximate surface area is 44.5 Å². The molecule has 1 aliphatic rings. The molecule has 7 heavy (non-hydrogen) atoms. The maximum atomic E-state index is 2.26. The van der Waals surface area contributed by atoms with Crippen LogP contribution in [-0.4, -0.2) is 0 Å². The molecule has 0 heteroatoms. The van der Waals surface area contributed by atoms with Crippen LogP contribution >= 0.6 is 0 Å². The van der Waals surface area contributed by atoms with Crippen LogP contribution in [0.25, 0.3) is 0 Å². The molecule has 0 saturated heterocycles. The molecule has 0 unspecified atom stereocenters. The summed E-state index contributed by atoms with van der Waals surface area (Å²) in [5.74, 6) is 0. The molecule has 0 radical (unpaired) electrons. The van der Waals surface area contributed by atoms with Gasteiger partial charge in [-0.05, 0) is 19.8 Å². The summed E-state index contributed by atoms with van der Waals surface area (Å²) < 4.78 is 0. The van der Waals surface area contributed by atoms with E-state index in [4.69, 9.17) is 0 Å². The van der Waals surface area contributed by atoms with Crippen LogP contribution in [0.15, 0.2) is 23.8 Å². The second kappa shape index (κ2) is 1.97. The lowest BCUT2D eigenvalue weighted by atomic mass is 10.1. The molecule has 0 nitrogen and oxygen atoms in total. The zero-order chi connectivity index (χ0) is 5.11. The van der Waals surface area contributed by atoms with E-state index in [1.807, 2.05) is 0 Å². The SMILES string of the molecule is CC1=CCCC=C1. The van der Waals surface area contributed by atoms with Crippen molar-refractivity contribution in [3.8, 4) is 0 Å². The fraction of sp³-hybridized carbons (Fsp3) is 0.429. The summed E-state index contributed by atoms with van der Waals surface area (Å²) in [6, 6.07) is 0. The van der Waals surface area contributed by atoms with Crippen molar-refractivity contribution in [2.45, 2.75) is 19.8 Å². The normalized spacial score (nSPS) is 19.3. The highest BCUT2D eigenvalue weighted by molar-refractivity contribution is 5.18. The Morgan fingerprint density at radius 1 is 1.43 bits per heavy atom. The summed E-state index contributed by atoms with van der Waals surface area (Å²) in [4.78, 5) is 0. The minimum atomic E-state index is 1.23. The quantitative estimate of drug-likeness (QED) is 0.432. The van der Waals surface area contributed by atoms with Gasteiger partial charge in [0.25, 0.3) is 0 Å². The third kappa shape index (κ3) is 1.19. The van der Waals surface area contributed by atoms with Crippen molar-refractivity contribution in [2.24, 2.45) is 0 Å². The zero-order valence-corrected chi connectivity index (χ0v) is 4.65. The Bertz CT molecular complexity index is 107. The molecule has 0 aliphatic heterocycles. The molecule has 1 aliphatic carbocycles. The molecule has 0 heterocycles. The standard InChI is InChI=1S/C7H10/c1-7-5-3-2-4-6-7/h3,5-6H,2,4H2,1H3. The highest BCUT2D eigenvalue weighted by Crippen LogP contribution is 2.06. The van der Waals surface area contributed by atoms with Crippen LogP contribution in [-0.2, 0) is 0 Å². The first-order valence-electron chi connectivity index (χ1n) is 2.73. The van der Waals surface area contributed by atoms with Gasteiger partial charge in [0.15, 0.2) is 0 Å². The van der Waals surface area contributed by atoms with E-state index < -0.39 is 0 Å². The van der Waals surface area contributed by atoms with E-state index in [1.165, 1.54) is 18.4 Å². The summed E-state index contributed by atoms with van der Waals surface area (Å²) >= 11 is 0. The van der Waals surface area contributed by atoms with Crippen LogP contribution in [0.5, 0.6) is 0 Å². The second-order valence-electron chi connectivity index (χ2n) is 1.93. The van der Waals surface area contributed by atoms with Gasteiger partial charge in [0.1, 0.15) is 0 Å². The lowest BCUT2D eigenvalue weighted by molar-refractivity contribution is 1.02. The molecule has 1 rings (SSSR count). The van der Waals surface area contributed by atoms with Crippen LogP contribution in [0.3, 0.4) is 0 Å². The minimum Gasteiger partial charge on any atom is -0.0840 e. The van der Waals surface area contributed by atoms with E-state index in [-0.39, 0.29) is 0 Å². The number of allylic oxidation sites excluding steroid dienone is 4. The van der Waals surface area contributed by atoms with Gasteiger partial charge in [0.05, 0.1) is 0 Å². The molecule has 0 saturated carbocycles. The van der Waals surface area contributed by atoms with E-state index in [2.05, 4.69) is 25.2 Å². The molecule has 0 atom stereocenters. The summed E-state index contributed by atoms with van der Waals surface area (Å²) in [7, 11) is 0. The van der Waals surface area contributed by atoms with E-state index in [0.717, 1.165) is 0 Å². The van der Waals surface area contributed by atoms with Crippen LogP contribution < -0.4 is 0 Å². The topological polar surface area (TPSA) is 0 Å². The smallest absolute Gasteiger partial charge is 0.0310 e. The van der Waals surface area contributed by atoms with Crippen molar-refractivity contribution in [1.29, 1.82) is 0 Å². The summed E-state index contributed by atoms with van der Waals surface area (Å²) in [5.41, 5.74) is 1.41. The molecule has 0 spiro atoms. The maximum absolute atomic E-state index is 2.26. The molecular weight excluding hydrogens is 84.1 g/mol. The molecule has 0 aromatic rings. The highest BCUT2D eigenvalue weighted by atomic mass is 13.9. The average molecular weight is 94.2 g/mol. The summed E-state index contributed by atoms with van der Waals surface area (Å²) in [6.07, 6.45) is 9.12. The lowest BCUT2D eigenvalue weighted by Crippen LogP contribution is -1.76. The third-order valence-electron chi connectivity index (χ3n) is 1.18. The molecule has 0 N–H and O–H groups in total. The minimum absolute atomic E-state index is 1.23. The number of hydrogen-bond acceptors (Lipinski definition) is 0. The van der Waals surface area contributed by atoms with Crippen LogP contribution in [0.4, 0.5) is 0 Å². The van der Waals surface area contributed by atoms with E-state index in [1.54, 1.807) is 0 Å². The summed E-state index contributed by atoms with van der Waals surface area (Å²) in [5, 5.41) is 0. The van der Waals surface area contributed by atoms with Gasteiger partial charge < -0.3 is 0 Å². The largest absolute Gasteiger partial charge is 0.0840 e. The molecule has 0 amide bonds. The highest BCUT2D eigenvalue weighted by Gasteiger charge is 1.86. The van der Waals surface area contributed by atoms with E-state index >= 15 is 0 Å². The van der Waals surface area contributed by atoms with Crippen molar-refractivity contribution in [3.05, 3.63) is 23.8 Å². The zero-order valence-electron chi connectivity index (χ0n) is 4.65. The van der Waals surface area contributed by atoms with Crippen LogP contribution in [0, 0.1) is 0 Å². The molecule has 0 bridgehead atoms. The Balaban J connectivity index is 2.58. The van der Waals surface area contributed by atoms with Crippen molar-refractivity contribution in [2.75, 3.05) is 0 Å². The van der Waals surface area contributed by atoms with Gasteiger partial charge in [-0.1, -0.05) is 23.8 Å². The first kappa shape index (κ1) is 4.63. The van der Waals surface area contributed by atoms with Crippen molar-refractivity contribution < 1.29 is 0 Å². The third-order valence-corrected chi connectivity index (χ3v) is 1.18. The van der Waals surface area contributed by atoms with E-state index in [0.29, 0.717) is 0 Å². The van der Waals surface area contributed by atoms with Crippen LogP contribution in [0.2, 0.25) is 0 Å². The molecule has 38 valence electrons. The van der Waals surface area contributed by atoms with Gasteiger partial charge in [-0.25, -0.2) is 0 Å². The molecule has 0 aromatic heterocycles. The number of hydrogen-bond donors (Lipinski definition) is 0. The Kier molecular flexibility index (Phi) is 1.30. The van der Waals surface area contributed by atoms with Gasteiger partial charge in [0, 0.05) is 0 Å². The average Bonchev–Trinajstić information content (AvgIpc) is 1.69. The van der Waals surface area contributed by atoms with E-state index in [9.17, 15) is 0 Å². The Morgan fingerprint density at radius 3 is 2.57 bits per heavy atom.